The molecular weight excluding hydrogens is 690 g/mol. The Labute approximate surface area is 298 Å². The van der Waals surface area contributed by atoms with E-state index in [0.29, 0.717) is 15.5 Å². The van der Waals surface area contributed by atoms with Crippen LogP contribution in [0.15, 0.2) is 65.8 Å². The highest BCUT2D eigenvalue weighted by Gasteiger charge is 2.48. The lowest BCUT2D eigenvalue weighted by Crippen LogP contribution is -2.56. The maximum atomic E-state index is 13.1. The lowest BCUT2D eigenvalue weighted by molar-refractivity contribution is -0.0902. The number of amides is 2. The predicted octanol–water partition coefficient (Wildman–Crippen LogP) is 2.01. The van der Waals surface area contributed by atoms with Gasteiger partial charge in [-0.25, -0.2) is 4.79 Å². The Kier molecular flexibility index (Phi) is 13.7. The summed E-state index contributed by atoms with van der Waals surface area (Å²) in [6, 6.07) is 13.2. The molecule has 7 N–H and O–H groups in total. The molecule has 1 heterocycles. The molecule has 0 saturated heterocycles. The second-order valence-electron chi connectivity index (χ2n) is 12.4. The van der Waals surface area contributed by atoms with Gasteiger partial charge in [-0.15, -0.1) is 0 Å². The monoisotopic (exact) mass is 733 g/mol. The van der Waals surface area contributed by atoms with Crippen LogP contribution in [0.2, 0.25) is 5.02 Å². The van der Waals surface area contributed by atoms with Crippen LogP contribution in [0.5, 0.6) is 5.75 Å². The third-order valence-electron chi connectivity index (χ3n) is 8.60. The second-order valence-corrected chi connectivity index (χ2v) is 14.3. The van der Waals surface area contributed by atoms with Crippen molar-refractivity contribution in [1.82, 2.24) is 15.6 Å². The molecule has 2 aromatic carbocycles. The van der Waals surface area contributed by atoms with Gasteiger partial charge < -0.3 is 54.9 Å². The van der Waals surface area contributed by atoms with Crippen LogP contribution in [0.1, 0.15) is 36.8 Å². The number of carbonyl (C=O) groups is 1. The van der Waals surface area contributed by atoms with Crippen LogP contribution in [-0.2, 0) is 32.9 Å². The molecule has 0 bridgehead atoms. The van der Waals surface area contributed by atoms with E-state index in [4.69, 9.17) is 30.9 Å². The molecule has 2 aliphatic carbocycles. The van der Waals surface area contributed by atoms with E-state index < -0.39 is 60.4 Å². The van der Waals surface area contributed by atoms with Crippen molar-refractivity contribution in [2.45, 2.75) is 73.2 Å². The summed E-state index contributed by atoms with van der Waals surface area (Å²) in [5.41, 5.74) is 3.22. The molecular formula is C35H44ClN3O10S. The fourth-order valence-corrected chi connectivity index (χ4v) is 6.57. The Balaban J connectivity index is 1.09. The number of rotatable bonds is 20. The number of nitrogens with zero attached hydrogens (tertiary/aromatic N) is 1. The molecule has 15 heteroatoms. The molecule has 2 saturated carbocycles. The summed E-state index contributed by atoms with van der Waals surface area (Å²) in [4.78, 5) is 17.1. The summed E-state index contributed by atoms with van der Waals surface area (Å²) in [6.07, 6.45) is 2.56. The fourth-order valence-electron chi connectivity index (χ4n) is 5.40. The molecule has 13 nitrogen and oxygen atoms in total. The van der Waals surface area contributed by atoms with Gasteiger partial charge in [0.05, 0.1) is 50.8 Å². The van der Waals surface area contributed by atoms with E-state index >= 15 is 0 Å². The number of ether oxygens (including phenoxy) is 3. The van der Waals surface area contributed by atoms with Crippen LogP contribution in [0, 0.1) is 0 Å². The van der Waals surface area contributed by atoms with Gasteiger partial charge in [0.25, 0.3) is 0 Å². The van der Waals surface area contributed by atoms with Crippen molar-refractivity contribution in [3.8, 4) is 16.9 Å². The number of urea groups is 1. The molecule has 0 spiro atoms. The van der Waals surface area contributed by atoms with Gasteiger partial charge in [-0.05, 0) is 66.7 Å². The van der Waals surface area contributed by atoms with Gasteiger partial charge in [0.2, 0.25) is 0 Å². The van der Waals surface area contributed by atoms with Crippen molar-refractivity contribution < 1.29 is 49.1 Å². The van der Waals surface area contributed by atoms with Crippen LogP contribution < -0.4 is 15.4 Å². The Morgan fingerprint density at radius 1 is 1.04 bits per heavy atom. The Bertz CT molecular complexity index is 1560. The van der Waals surface area contributed by atoms with Crippen LogP contribution in [0.4, 0.5) is 4.79 Å². The van der Waals surface area contributed by atoms with Crippen molar-refractivity contribution in [2.75, 3.05) is 38.7 Å². The average Bonchev–Trinajstić information content (AvgIpc) is 4.08. The zero-order chi connectivity index (χ0) is 35.7. The minimum absolute atomic E-state index is 0.0660. The number of para-hydroxylation sites is 1. The van der Waals surface area contributed by atoms with Gasteiger partial charge >= 0.3 is 6.03 Å². The third-order valence-corrected chi connectivity index (χ3v) is 10.3. The molecule has 272 valence electrons. The highest BCUT2D eigenvalue weighted by molar-refractivity contribution is 7.91. The smallest absolute Gasteiger partial charge is 0.315 e. The number of hydrogen-bond donors (Lipinski definition) is 7. The topological polar surface area (TPSA) is 206 Å². The second kappa shape index (κ2) is 18.0. The van der Waals surface area contributed by atoms with Crippen LogP contribution in [-0.4, -0.2) is 110 Å². The SMILES string of the molecule is O=C(NCCOCC[S+]([O-])c1ccc(Cl)c(COC2(c3cnccc3-c3ccccc3OC3CC3)CC2)c1)NC(CO)C(O)C(O)C(O)CO. The Morgan fingerprint density at radius 2 is 1.82 bits per heavy atom. The van der Waals surface area contributed by atoms with Gasteiger partial charge in [0.15, 0.2) is 4.90 Å². The minimum atomic E-state index is -1.78. The molecule has 50 heavy (non-hydrogen) atoms. The summed E-state index contributed by atoms with van der Waals surface area (Å²) in [7, 11) is 0. The van der Waals surface area contributed by atoms with E-state index in [1.165, 1.54) is 0 Å². The Hall–Kier alpha value is -3.02. The first-order valence-corrected chi connectivity index (χ1v) is 18.2. The van der Waals surface area contributed by atoms with Crippen LogP contribution in [0.25, 0.3) is 11.1 Å². The van der Waals surface area contributed by atoms with E-state index in [9.17, 15) is 29.8 Å². The van der Waals surface area contributed by atoms with E-state index in [1.54, 1.807) is 24.4 Å². The third kappa shape index (κ3) is 10.1. The van der Waals surface area contributed by atoms with Crippen molar-refractivity contribution in [1.29, 1.82) is 0 Å². The average molecular weight is 734 g/mol. The summed E-state index contributed by atoms with van der Waals surface area (Å²) in [6.45, 7) is -0.999. The number of aliphatic hydroxyl groups excluding tert-OH is 5. The van der Waals surface area contributed by atoms with Gasteiger partial charge in [0.1, 0.15) is 29.8 Å². The van der Waals surface area contributed by atoms with Crippen LogP contribution in [0.3, 0.4) is 0 Å². The molecule has 2 amide bonds. The zero-order valence-electron chi connectivity index (χ0n) is 27.4. The quantitative estimate of drug-likeness (QED) is 0.0661. The van der Waals surface area contributed by atoms with Gasteiger partial charge in [-0.3, -0.25) is 4.98 Å². The maximum Gasteiger partial charge on any atom is 0.315 e. The first kappa shape index (κ1) is 38.2. The zero-order valence-corrected chi connectivity index (χ0v) is 29.0. The maximum absolute atomic E-state index is 13.1. The fraction of sp³-hybridized carbons (Fsp3) is 0.486. The van der Waals surface area contributed by atoms with Gasteiger partial charge in [-0.2, -0.15) is 0 Å². The first-order valence-electron chi connectivity index (χ1n) is 16.5. The molecule has 5 atom stereocenters. The highest BCUT2D eigenvalue weighted by atomic mass is 35.5. The summed E-state index contributed by atoms with van der Waals surface area (Å²) < 4.78 is 31.4. The molecule has 5 rings (SSSR count). The predicted molar refractivity (Wildman–Crippen MR) is 185 cm³/mol. The van der Waals surface area contributed by atoms with Crippen molar-refractivity contribution >= 4 is 28.8 Å². The van der Waals surface area contributed by atoms with Crippen LogP contribution >= 0.6 is 11.6 Å². The molecule has 2 fully saturated rings. The Morgan fingerprint density at radius 3 is 2.54 bits per heavy atom. The number of aliphatic hydroxyl groups is 5. The van der Waals surface area contributed by atoms with E-state index in [0.717, 1.165) is 48.1 Å². The molecule has 0 aliphatic heterocycles. The lowest BCUT2D eigenvalue weighted by atomic mass is 9.96. The minimum Gasteiger partial charge on any atom is -0.611 e. The van der Waals surface area contributed by atoms with E-state index in [2.05, 4.69) is 21.7 Å². The molecule has 0 radical (unpaired) electrons. The molecule has 5 unspecified atom stereocenters. The van der Waals surface area contributed by atoms with Crippen molar-refractivity contribution in [3.63, 3.8) is 0 Å². The number of aromatic nitrogens is 1. The number of pyridine rings is 1. The van der Waals surface area contributed by atoms with E-state index in [1.807, 2.05) is 30.5 Å². The summed E-state index contributed by atoms with van der Waals surface area (Å²) in [5.74, 6) is 1.05. The first-order chi connectivity index (χ1) is 24.2. The van der Waals surface area contributed by atoms with Gasteiger partial charge in [0, 0.05) is 46.7 Å². The lowest BCUT2D eigenvalue weighted by Gasteiger charge is -2.28. The summed E-state index contributed by atoms with van der Waals surface area (Å²) >= 11 is 5.15. The summed E-state index contributed by atoms with van der Waals surface area (Å²) in [5, 5.41) is 52.9. The number of nitrogens with one attached hydrogen (secondary N) is 2. The number of halogens is 1. The van der Waals surface area contributed by atoms with Gasteiger partial charge in [-0.1, -0.05) is 29.8 Å². The van der Waals surface area contributed by atoms with Crippen molar-refractivity contribution in [3.05, 3.63) is 77.1 Å². The molecule has 1 aromatic heterocycles. The highest BCUT2D eigenvalue weighted by Crippen LogP contribution is 2.53. The number of hydrogen-bond acceptors (Lipinski definition) is 11. The number of carbonyl (C=O) groups excluding carboxylic acids is 1. The standard InChI is InChI=1S/C35H44ClN3O10S/c36-28-8-7-24(50(46)16-15-47-14-13-38-34(45)39-29(19-40)32(43)33(44)30(42)20-41)17-22(28)21-48-35(10-11-35)27-18-37-12-9-25(27)26-3-1-2-4-31(26)49-23-5-6-23/h1-4,7-9,12,17-18,23,29-30,32-33,40-44H,5-6,10-11,13-16,19-21H2,(H2,38,39,45). The van der Waals surface area contributed by atoms with E-state index in [-0.39, 0.29) is 38.2 Å². The van der Waals surface area contributed by atoms with Crippen molar-refractivity contribution in [2.24, 2.45) is 0 Å². The largest absolute Gasteiger partial charge is 0.611 e. The normalized spacial score (nSPS) is 18.1. The number of benzene rings is 2. The molecule has 2 aliphatic rings. The molecule has 3 aromatic rings.